The lowest BCUT2D eigenvalue weighted by molar-refractivity contribution is 0.0951. The van der Waals surface area contributed by atoms with E-state index in [9.17, 15) is 4.79 Å². The Morgan fingerprint density at radius 1 is 1.30 bits per heavy atom. The topological polar surface area (TPSA) is 85.8 Å². The number of hydrogen-bond acceptors (Lipinski definition) is 5. The highest BCUT2D eigenvalue weighted by Gasteiger charge is 2.16. The smallest absolute Gasteiger partial charge is 0.253 e. The summed E-state index contributed by atoms with van der Waals surface area (Å²) in [6.07, 6.45) is 1.60. The Morgan fingerprint density at radius 3 is 2.93 bits per heavy atom. The van der Waals surface area contributed by atoms with Gasteiger partial charge in [-0.1, -0.05) is 28.9 Å². The quantitative estimate of drug-likeness (QED) is 0.584. The second kappa shape index (κ2) is 6.85. The SMILES string of the molecule is Cc1nc2c(C(=O)NCc3cc(-c4ccccc4Cl)on3)ccnc2n1C. The number of pyridine rings is 1. The van der Waals surface area contributed by atoms with Crippen LogP contribution in [0.3, 0.4) is 0 Å². The standard InChI is InChI=1S/C19H16ClN5O2/c1-11-23-17-14(7-8-21-18(17)25(11)2)19(26)22-10-12-9-16(27-24-12)13-5-3-4-6-15(13)20/h3-9H,10H2,1-2H3,(H,22,26). The molecular weight excluding hydrogens is 366 g/mol. The number of amides is 1. The van der Waals surface area contributed by atoms with Gasteiger partial charge in [0.15, 0.2) is 11.4 Å². The lowest BCUT2D eigenvalue weighted by atomic mass is 10.1. The number of aryl methyl sites for hydroxylation is 2. The highest BCUT2D eigenvalue weighted by molar-refractivity contribution is 6.33. The van der Waals surface area contributed by atoms with Crippen molar-refractivity contribution in [1.29, 1.82) is 0 Å². The van der Waals surface area contributed by atoms with Gasteiger partial charge in [0.25, 0.3) is 5.91 Å². The first-order valence-electron chi connectivity index (χ1n) is 8.31. The molecule has 0 saturated carbocycles. The molecule has 0 aliphatic carbocycles. The van der Waals surface area contributed by atoms with Gasteiger partial charge in [-0.15, -0.1) is 0 Å². The first-order valence-corrected chi connectivity index (χ1v) is 8.69. The van der Waals surface area contributed by atoms with E-state index in [1.165, 1.54) is 0 Å². The molecule has 0 aliphatic rings. The molecule has 4 rings (SSSR count). The molecule has 7 nitrogen and oxygen atoms in total. The molecule has 0 saturated heterocycles. The first-order chi connectivity index (χ1) is 13.0. The van der Waals surface area contributed by atoms with Gasteiger partial charge < -0.3 is 14.4 Å². The summed E-state index contributed by atoms with van der Waals surface area (Å²) in [5.41, 5.74) is 3.07. The normalized spacial score (nSPS) is 11.1. The highest BCUT2D eigenvalue weighted by atomic mass is 35.5. The minimum absolute atomic E-state index is 0.225. The number of nitrogens with one attached hydrogen (secondary N) is 1. The summed E-state index contributed by atoms with van der Waals surface area (Å²) in [6.45, 7) is 2.09. The van der Waals surface area contributed by atoms with E-state index in [0.717, 1.165) is 11.4 Å². The molecule has 8 heteroatoms. The number of imidazole rings is 1. The fourth-order valence-corrected chi connectivity index (χ4v) is 3.05. The van der Waals surface area contributed by atoms with Gasteiger partial charge in [0.05, 0.1) is 17.1 Å². The number of carbonyl (C=O) groups excluding carboxylic acids is 1. The maximum Gasteiger partial charge on any atom is 0.253 e. The van der Waals surface area contributed by atoms with Crippen LogP contribution in [0.25, 0.3) is 22.5 Å². The summed E-state index contributed by atoms with van der Waals surface area (Å²) in [5, 5.41) is 7.42. The summed E-state index contributed by atoms with van der Waals surface area (Å²) in [5.74, 6) is 1.10. The van der Waals surface area contributed by atoms with Gasteiger partial charge in [0.1, 0.15) is 17.0 Å². The van der Waals surface area contributed by atoms with E-state index in [4.69, 9.17) is 16.1 Å². The second-order valence-corrected chi connectivity index (χ2v) is 6.50. The molecule has 0 fully saturated rings. The van der Waals surface area contributed by atoms with E-state index < -0.39 is 0 Å². The van der Waals surface area contributed by atoms with E-state index in [0.29, 0.717) is 33.2 Å². The summed E-state index contributed by atoms with van der Waals surface area (Å²) >= 11 is 6.17. The predicted octanol–water partition coefficient (Wildman–Crippen LogP) is 3.52. The number of carbonyl (C=O) groups is 1. The molecule has 1 N–H and O–H groups in total. The summed E-state index contributed by atoms with van der Waals surface area (Å²) < 4.78 is 7.19. The van der Waals surface area contributed by atoms with Crippen molar-refractivity contribution in [3.05, 3.63) is 64.7 Å². The van der Waals surface area contributed by atoms with Crippen LogP contribution in [0.4, 0.5) is 0 Å². The number of fused-ring (bicyclic) bond motifs is 1. The largest absolute Gasteiger partial charge is 0.356 e. The summed E-state index contributed by atoms with van der Waals surface area (Å²) in [4.78, 5) is 21.3. The van der Waals surface area contributed by atoms with Crippen LogP contribution < -0.4 is 5.32 Å². The zero-order valence-electron chi connectivity index (χ0n) is 14.7. The Balaban J connectivity index is 1.52. The van der Waals surface area contributed by atoms with Crippen molar-refractivity contribution in [1.82, 2.24) is 25.0 Å². The summed E-state index contributed by atoms with van der Waals surface area (Å²) in [7, 11) is 1.87. The number of aromatic nitrogens is 4. The average molecular weight is 382 g/mol. The first kappa shape index (κ1) is 17.2. The number of rotatable bonds is 4. The number of nitrogens with zero attached hydrogens (tertiary/aromatic N) is 4. The predicted molar refractivity (Wildman–Crippen MR) is 101 cm³/mol. The van der Waals surface area contributed by atoms with Crippen LogP contribution in [-0.4, -0.2) is 25.6 Å². The number of benzene rings is 1. The van der Waals surface area contributed by atoms with Crippen molar-refractivity contribution in [2.24, 2.45) is 7.05 Å². The van der Waals surface area contributed by atoms with Gasteiger partial charge in [-0.2, -0.15) is 0 Å². The molecule has 0 atom stereocenters. The van der Waals surface area contributed by atoms with Crippen LogP contribution in [0, 0.1) is 6.92 Å². The van der Waals surface area contributed by atoms with Crippen LogP contribution in [-0.2, 0) is 13.6 Å². The van der Waals surface area contributed by atoms with Crippen molar-refractivity contribution < 1.29 is 9.32 Å². The molecule has 1 aromatic carbocycles. The molecular formula is C19H16ClN5O2. The van der Waals surface area contributed by atoms with Crippen LogP contribution in [0.15, 0.2) is 47.1 Å². The van der Waals surface area contributed by atoms with Crippen molar-refractivity contribution in [3.8, 4) is 11.3 Å². The van der Waals surface area contributed by atoms with Gasteiger partial charge in [0.2, 0.25) is 0 Å². The van der Waals surface area contributed by atoms with Crippen molar-refractivity contribution in [3.63, 3.8) is 0 Å². The van der Waals surface area contributed by atoms with Gasteiger partial charge in [-0.25, -0.2) is 9.97 Å². The third kappa shape index (κ3) is 3.17. The van der Waals surface area contributed by atoms with Crippen LogP contribution >= 0.6 is 11.6 Å². The molecule has 4 aromatic rings. The molecule has 27 heavy (non-hydrogen) atoms. The van der Waals surface area contributed by atoms with Crippen molar-refractivity contribution >= 4 is 28.7 Å². The minimum atomic E-state index is -0.247. The third-order valence-electron chi connectivity index (χ3n) is 4.35. The van der Waals surface area contributed by atoms with Gasteiger partial charge >= 0.3 is 0 Å². The number of hydrogen-bond donors (Lipinski definition) is 1. The lowest BCUT2D eigenvalue weighted by Gasteiger charge is -2.03. The van der Waals surface area contributed by atoms with Crippen LogP contribution in [0.5, 0.6) is 0 Å². The fourth-order valence-electron chi connectivity index (χ4n) is 2.82. The van der Waals surface area contributed by atoms with E-state index >= 15 is 0 Å². The summed E-state index contributed by atoms with van der Waals surface area (Å²) in [6, 6.07) is 10.8. The van der Waals surface area contributed by atoms with E-state index in [-0.39, 0.29) is 12.5 Å². The molecule has 136 valence electrons. The second-order valence-electron chi connectivity index (χ2n) is 6.09. The molecule has 0 radical (unpaired) electrons. The van der Waals surface area contributed by atoms with Crippen molar-refractivity contribution in [2.45, 2.75) is 13.5 Å². The highest BCUT2D eigenvalue weighted by Crippen LogP contribution is 2.28. The van der Waals surface area contributed by atoms with Gasteiger partial charge in [0, 0.05) is 24.9 Å². The van der Waals surface area contributed by atoms with E-state index in [2.05, 4.69) is 20.4 Å². The maximum absolute atomic E-state index is 12.6. The Hall–Kier alpha value is -3.19. The molecule has 1 amide bonds. The molecule has 0 aliphatic heterocycles. The zero-order chi connectivity index (χ0) is 19.0. The van der Waals surface area contributed by atoms with Crippen LogP contribution in [0.1, 0.15) is 21.9 Å². The maximum atomic E-state index is 12.6. The van der Waals surface area contributed by atoms with Gasteiger partial charge in [-0.05, 0) is 25.1 Å². The van der Waals surface area contributed by atoms with E-state index in [1.807, 2.05) is 36.7 Å². The average Bonchev–Trinajstić information content (AvgIpc) is 3.25. The fraction of sp³-hybridized carbons (Fsp3) is 0.158. The van der Waals surface area contributed by atoms with E-state index in [1.54, 1.807) is 24.4 Å². The molecule has 3 aromatic heterocycles. The van der Waals surface area contributed by atoms with Crippen molar-refractivity contribution in [2.75, 3.05) is 0 Å². The zero-order valence-corrected chi connectivity index (χ0v) is 15.5. The molecule has 0 unspecified atom stereocenters. The minimum Gasteiger partial charge on any atom is -0.356 e. The molecule has 0 bridgehead atoms. The monoisotopic (exact) mass is 381 g/mol. The molecule has 3 heterocycles. The Morgan fingerprint density at radius 2 is 2.11 bits per heavy atom. The Labute approximate surface area is 160 Å². The lowest BCUT2D eigenvalue weighted by Crippen LogP contribution is -2.23. The Bertz CT molecular complexity index is 1150. The third-order valence-corrected chi connectivity index (χ3v) is 4.68. The van der Waals surface area contributed by atoms with Gasteiger partial charge in [-0.3, -0.25) is 4.79 Å². The molecule has 0 spiro atoms. The number of halogens is 1. The van der Waals surface area contributed by atoms with Crippen LogP contribution in [0.2, 0.25) is 5.02 Å². The Kier molecular flexibility index (Phi) is 4.37.